The maximum atomic E-state index is 12.3. The average Bonchev–Trinajstić information content (AvgIpc) is 2.32. The molecule has 0 N–H and O–H groups in total. The minimum absolute atomic E-state index is 0.128. The highest BCUT2D eigenvalue weighted by molar-refractivity contribution is 14.1. The van der Waals surface area contributed by atoms with Gasteiger partial charge in [-0.05, 0) is 62.6 Å². The molecule has 0 bridgehead atoms. The third kappa shape index (κ3) is 3.17. The topological polar surface area (TPSA) is 30.0 Å². The SMILES string of the molecule is Cc1cccc(C(=O)Cc2cncc(Br)c2)c1I. The molecule has 4 heteroatoms. The van der Waals surface area contributed by atoms with E-state index in [1.807, 2.05) is 31.2 Å². The summed E-state index contributed by atoms with van der Waals surface area (Å²) in [5.41, 5.74) is 2.84. The minimum atomic E-state index is 0.128. The number of benzene rings is 1. The lowest BCUT2D eigenvalue weighted by Gasteiger charge is -2.06. The largest absolute Gasteiger partial charge is 0.294 e. The van der Waals surface area contributed by atoms with Gasteiger partial charge in [0.05, 0.1) is 0 Å². The van der Waals surface area contributed by atoms with E-state index in [1.54, 1.807) is 12.4 Å². The molecule has 0 amide bonds. The van der Waals surface area contributed by atoms with E-state index in [1.165, 1.54) is 0 Å². The molecule has 2 rings (SSSR count). The molecule has 0 radical (unpaired) electrons. The molecule has 92 valence electrons. The Morgan fingerprint density at radius 3 is 2.89 bits per heavy atom. The van der Waals surface area contributed by atoms with E-state index in [-0.39, 0.29) is 5.78 Å². The van der Waals surface area contributed by atoms with Crippen LogP contribution in [0.5, 0.6) is 0 Å². The van der Waals surface area contributed by atoms with Crippen LogP contribution < -0.4 is 0 Å². The second kappa shape index (κ2) is 5.93. The monoisotopic (exact) mass is 415 g/mol. The van der Waals surface area contributed by atoms with Gasteiger partial charge in [-0.3, -0.25) is 9.78 Å². The summed E-state index contributed by atoms with van der Waals surface area (Å²) in [4.78, 5) is 16.3. The molecule has 1 aromatic heterocycles. The summed E-state index contributed by atoms with van der Waals surface area (Å²) in [5.74, 6) is 0.128. The summed E-state index contributed by atoms with van der Waals surface area (Å²) >= 11 is 5.58. The van der Waals surface area contributed by atoms with Crippen LogP contribution >= 0.6 is 38.5 Å². The van der Waals surface area contributed by atoms with Crippen LogP contribution in [0.3, 0.4) is 0 Å². The van der Waals surface area contributed by atoms with Crippen LogP contribution in [0.25, 0.3) is 0 Å². The molecule has 0 spiro atoms. The van der Waals surface area contributed by atoms with Crippen molar-refractivity contribution in [1.29, 1.82) is 0 Å². The number of carbonyl (C=O) groups excluding carboxylic acids is 1. The molecule has 0 aliphatic rings. The van der Waals surface area contributed by atoms with Crippen LogP contribution in [0, 0.1) is 10.5 Å². The van der Waals surface area contributed by atoms with Crippen molar-refractivity contribution in [1.82, 2.24) is 4.98 Å². The molecular formula is C14H11BrINO. The fourth-order valence-corrected chi connectivity index (χ4v) is 2.77. The fraction of sp³-hybridized carbons (Fsp3) is 0.143. The summed E-state index contributed by atoms with van der Waals surface area (Å²) in [6.07, 6.45) is 3.82. The van der Waals surface area contributed by atoms with Gasteiger partial charge in [0.1, 0.15) is 0 Å². The quantitative estimate of drug-likeness (QED) is 0.555. The summed E-state index contributed by atoms with van der Waals surface area (Å²) in [6.45, 7) is 2.01. The Morgan fingerprint density at radius 2 is 2.17 bits per heavy atom. The molecule has 0 saturated carbocycles. The Morgan fingerprint density at radius 1 is 1.39 bits per heavy atom. The lowest BCUT2D eigenvalue weighted by atomic mass is 10.0. The van der Waals surface area contributed by atoms with Crippen LogP contribution in [-0.2, 0) is 6.42 Å². The Bertz CT molecular complexity index is 598. The standard InChI is InChI=1S/C14H11BrINO/c1-9-3-2-4-12(14(9)16)13(18)6-10-5-11(15)8-17-7-10/h2-5,7-8H,6H2,1H3. The van der Waals surface area contributed by atoms with Crippen LogP contribution in [0.4, 0.5) is 0 Å². The van der Waals surface area contributed by atoms with Crippen molar-refractivity contribution in [2.24, 2.45) is 0 Å². The summed E-state index contributed by atoms with van der Waals surface area (Å²) in [6, 6.07) is 7.74. The molecule has 0 aliphatic heterocycles. The second-order valence-corrected chi connectivity index (χ2v) is 6.04. The van der Waals surface area contributed by atoms with Crippen LogP contribution in [0.15, 0.2) is 41.1 Å². The molecule has 0 aliphatic carbocycles. The van der Waals surface area contributed by atoms with E-state index in [2.05, 4.69) is 43.5 Å². The highest BCUT2D eigenvalue weighted by atomic mass is 127. The van der Waals surface area contributed by atoms with Gasteiger partial charge < -0.3 is 0 Å². The second-order valence-electron chi connectivity index (χ2n) is 4.05. The van der Waals surface area contributed by atoms with E-state index >= 15 is 0 Å². The Kier molecular flexibility index (Phi) is 4.50. The number of halogens is 2. The van der Waals surface area contributed by atoms with Crippen molar-refractivity contribution in [3.8, 4) is 0 Å². The normalized spacial score (nSPS) is 10.4. The smallest absolute Gasteiger partial charge is 0.168 e. The van der Waals surface area contributed by atoms with Crippen molar-refractivity contribution >= 4 is 44.3 Å². The first kappa shape index (κ1) is 13.7. The van der Waals surface area contributed by atoms with Crippen molar-refractivity contribution in [2.75, 3.05) is 0 Å². The van der Waals surface area contributed by atoms with Gasteiger partial charge >= 0.3 is 0 Å². The van der Waals surface area contributed by atoms with Crippen LogP contribution in [-0.4, -0.2) is 10.8 Å². The first-order valence-corrected chi connectivity index (χ1v) is 7.33. The molecule has 18 heavy (non-hydrogen) atoms. The number of hydrogen-bond donors (Lipinski definition) is 0. The molecule has 0 fully saturated rings. The first-order chi connectivity index (χ1) is 8.58. The Balaban J connectivity index is 2.25. The molecule has 1 aromatic carbocycles. The highest BCUT2D eigenvalue weighted by Crippen LogP contribution is 2.19. The fourth-order valence-electron chi connectivity index (χ4n) is 1.70. The Hall–Kier alpha value is -0.750. The molecule has 0 unspecified atom stereocenters. The van der Waals surface area contributed by atoms with Crippen LogP contribution in [0.1, 0.15) is 21.5 Å². The number of Topliss-reactive ketones (excluding diaryl/α,β-unsaturated/α-hetero) is 1. The highest BCUT2D eigenvalue weighted by Gasteiger charge is 2.12. The molecule has 0 atom stereocenters. The van der Waals surface area contributed by atoms with E-state index in [0.717, 1.165) is 24.7 Å². The summed E-state index contributed by atoms with van der Waals surface area (Å²) in [5, 5.41) is 0. The van der Waals surface area contributed by atoms with Gasteiger partial charge in [0, 0.05) is 32.4 Å². The number of hydrogen-bond acceptors (Lipinski definition) is 2. The van der Waals surface area contributed by atoms with Gasteiger partial charge in [-0.25, -0.2) is 0 Å². The minimum Gasteiger partial charge on any atom is -0.294 e. The lowest BCUT2D eigenvalue weighted by molar-refractivity contribution is 0.0992. The van der Waals surface area contributed by atoms with Gasteiger partial charge in [0.2, 0.25) is 0 Å². The zero-order valence-corrected chi connectivity index (χ0v) is 13.5. The lowest BCUT2D eigenvalue weighted by Crippen LogP contribution is -2.06. The average molecular weight is 416 g/mol. The summed E-state index contributed by atoms with van der Waals surface area (Å²) < 4.78 is 1.93. The van der Waals surface area contributed by atoms with E-state index < -0.39 is 0 Å². The molecular weight excluding hydrogens is 405 g/mol. The van der Waals surface area contributed by atoms with Crippen molar-refractivity contribution in [2.45, 2.75) is 13.3 Å². The third-order valence-corrected chi connectivity index (χ3v) is 4.48. The van der Waals surface area contributed by atoms with Crippen molar-refractivity contribution in [3.05, 3.63) is 61.4 Å². The maximum Gasteiger partial charge on any atom is 0.168 e. The predicted molar refractivity (Wildman–Crippen MR) is 83.9 cm³/mol. The number of nitrogens with zero attached hydrogens (tertiary/aromatic N) is 1. The van der Waals surface area contributed by atoms with Crippen LogP contribution in [0.2, 0.25) is 0 Å². The maximum absolute atomic E-state index is 12.3. The number of pyridine rings is 1. The van der Waals surface area contributed by atoms with E-state index in [9.17, 15) is 4.79 Å². The van der Waals surface area contributed by atoms with Gasteiger partial charge in [-0.15, -0.1) is 0 Å². The molecule has 1 heterocycles. The van der Waals surface area contributed by atoms with Gasteiger partial charge in [0.25, 0.3) is 0 Å². The van der Waals surface area contributed by atoms with Gasteiger partial charge in [-0.2, -0.15) is 0 Å². The zero-order valence-electron chi connectivity index (χ0n) is 9.78. The van der Waals surface area contributed by atoms with Gasteiger partial charge in [-0.1, -0.05) is 18.2 Å². The molecule has 2 nitrogen and oxygen atoms in total. The summed E-state index contributed by atoms with van der Waals surface area (Å²) in [7, 11) is 0. The first-order valence-electron chi connectivity index (χ1n) is 5.45. The number of carbonyl (C=O) groups is 1. The number of ketones is 1. The Labute approximate surface area is 128 Å². The zero-order chi connectivity index (χ0) is 13.1. The predicted octanol–water partition coefficient (Wildman–Crippen LogP) is 4.18. The third-order valence-electron chi connectivity index (χ3n) is 2.62. The number of aromatic nitrogens is 1. The van der Waals surface area contributed by atoms with E-state index in [0.29, 0.717) is 6.42 Å². The number of rotatable bonds is 3. The van der Waals surface area contributed by atoms with Gasteiger partial charge in [0.15, 0.2) is 5.78 Å². The van der Waals surface area contributed by atoms with Crippen molar-refractivity contribution < 1.29 is 4.79 Å². The molecule has 0 saturated heterocycles. The van der Waals surface area contributed by atoms with E-state index in [4.69, 9.17) is 0 Å². The van der Waals surface area contributed by atoms with Crippen molar-refractivity contribution in [3.63, 3.8) is 0 Å². The molecule has 2 aromatic rings. The number of aryl methyl sites for hydroxylation is 1.